The van der Waals surface area contributed by atoms with Crippen molar-refractivity contribution in [3.63, 3.8) is 0 Å². The third-order valence-corrected chi connectivity index (χ3v) is 5.90. The molecule has 0 bridgehead atoms. The van der Waals surface area contributed by atoms with Gasteiger partial charge in [-0.05, 0) is 50.0 Å². The molecule has 0 aromatic carbocycles. The molecular weight excluding hydrogens is 310 g/mol. The molecule has 0 spiro atoms. The van der Waals surface area contributed by atoms with E-state index in [1.54, 1.807) is 4.90 Å². The van der Waals surface area contributed by atoms with Gasteiger partial charge in [0.2, 0.25) is 5.91 Å². The molecule has 3 unspecified atom stereocenters. The van der Waals surface area contributed by atoms with Crippen LogP contribution in [-0.2, 0) is 4.79 Å². The Morgan fingerprint density at radius 3 is 2.78 bits per heavy atom. The average molecular weight is 335 g/mol. The number of hydrogen-bond donors (Lipinski definition) is 1. The van der Waals surface area contributed by atoms with Crippen molar-refractivity contribution in [2.45, 2.75) is 44.7 Å². The second-order valence-corrected chi connectivity index (χ2v) is 7.63. The topological polar surface area (TPSA) is 66.6 Å². The fraction of sp³-hybridized carbons (Fsp3) is 0.647. The van der Waals surface area contributed by atoms with E-state index in [0.29, 0.717) is 12.5 Å². The number of carbonyl (C=O) groups excluding carboxylic acids is 2. The van der Waals surface area contributed by atoms with E-state index in [0.717, 1.165) is 43.6 Å². The van der Waals surface area contributed by atoms with Crippen LogP contribution >= 0.6 is 11.3 Å². The quantitative estimate of drug-likeness (QED) is 0.918. The summed E-state index contributed by atoms with van der Waals surface area (Å²) < 4.78 is 0. The summed E-state index contributed by atoms with van der Waals surface area (Å²) in [7, 11) is 0. The van der Waals surface area contributed by atoms with Crippen molar-refractivity contribution in [3.8, 4) is 0 Å². The van der Waals surface area contributed by atoms with Crippen LogP contribution in [0.4, 0.5) is 0 Å². The molecule has 3 atom stereocenters. The molecule has 23 heavy (non-hydrogen) atoms. The second-order valence-electron chi connectivity index (χ2n) is 6.68. The maximum Gasteiger partial charge on any atom is 0.264 e. The highest BCUT2D eigenvalue weighted by Crippen LogP contribution is 2.26. The van der Waals surface area contributed by atoms with Crippen molar-refractivity contribution in [1.29, 1.82) is 0 Å². The van der Waals surface area contributed by atoms with Crippen LogP contribution in [0.25, 0.3) is 0 Å². The maximum absolute atomic E-state index is 12.9. The summed E-state index contributed by atoms with van der Waals surface area (Å²) in [5, 5.41) is 1.90. The number of amides is 2. The van der Waals surface area contributed by atoms with Crippen LogP contribution in [0.1, 0.15) is 42.3 Å². The first-order valence-electron chi connectivity index (χ1n) is 8.46. The predicted octanol–water partition coefficient (Wildman–Crippen LogP) is 1.94. The molecule has 3 heterocycles. The van der Waals surface area contributed by atoms with Crippen LogP contribution in [0.15, 0.2) is 17.5 Å². The second kappa shape index (κ2) is 7.01. The van der Waals surface area contributed by atoms with Crippen molar-refractivity contribution in [2.24, 2.45) is 11.7 Å². The lowest BCUT2D eigenvalue weighted by Crippen LogP contribution is -2.52. The van der Waals surface area contributed by atoms with E-state index in [4.69, 9.17) is 5.73 Å². The van der Waals surface area contributed by atoms with Gasteiger partial charge in [-0.2, -0.15) is 0 Å². The van der Waals surface area contributed by atoms with Crippen LogP contribution in [0.5, 0.6) is 0 Å². The standard InChI is InChI=1S/C17H25N3O2S/c1-12(18)13-5-2-8-19(11-13)16(21)14-6-3-9-20(14)17(22)15-7-4-10-23-15/h4,7,10,12-14H,2-3,5-6,8-9,11,18H2,1H3. The Kier molecular flexibility index (Phi) is 5.02. The Morgan fingerprint density at radius 2 is 2.09 bits per heavy atom. The van der Waals surface area contributed by atoms with Gasteiger partial charge >= 0.3 is 0 Å². The highest BCUT2D eigenvalue weighted by Gasteiger charge is 2.38. The summed E-state index contributed by atoms with van der Waals surface area (Å²) in [6.07, 6.45) is 3.76. The monoisotopic (exact) mass is 335 g/mol. The predicted molar refractivity (Wildman–Crippen MR) is 91.3 cm³/mol. The maximum atomic E-state index is 12.9. The molecule has 0 aliphatic carbocycles. The van der Waals surface area contributed by atoms with Gasteiger partial charge in [0.1, 0.15) is 6.04 Å². The van der Waals surface area contributed by atoms with Crippen LogP contribution in [0.3, 0.4) is 0 Å². The fourth-order valence-electron chi connectivity index (χ4n) is 3.66. The zero-order valence-electron chi connectivity index (χ0n) is 13.6. The average Bonchev–Trinajstić information content (AvgIpc) is 3.25. The van der Waals surface area contributed by atoms with E-state index in [2.05, 4.69) is 0 Å². The Hall–Kier alpha value is -1.40. The van der Waals surface area contributed by atoms with Gasteiger partial charge < -0.3 is 15.5 Å². The zero-order valence-corrected chi connectivity index (χ0v) is 14.4. The van der Waals surface area contributed by atoms with Gasteiger partial charge in [0.05, 0.1) is 4.88 Å². The Balaban J connectivity index is 1.69. The Bertz CT molecular complexity index is 558. The van der Waals surface area contributed by atoms with E-state index in [-0.39, 0.29) is 23.9 Å². The number of carbonyl (C=O) groups is 2. The molecule has 2 fully saturated rings. The molecule has 1 aromatic rings. The van der Waals surface area contributed by atoms with Crippen LogP contribution in [0, 0.1) is 5.92 Å². The molecule has 6 heteroatoms. The molecule has 0 radical (unpaired) electrons. The lowest BCUT2D eigenvalue weighted by atomic mass is 9.91. The molecule has 2 saturated heterocycles. The number of thiophene rings is 1. The van der Waals surface area contributed by atoms with Gasteiger partial charge in [0, 0.05) is 25.7 Å². The Morgan fingerprint density at radius 1 is 1.30 bits per heavy atom. The van der Waals surface area contributed by atoms with E-state index in [1.807, 2.05) is 29.3 Å². The molecule has 5 nitrogen and oxygen atoms in total. The van der Waals surface area contributed by atoms with E-state index in [9.17, 15) is 9.59 Å². The first-order valence-corrected chi connectivity index (χ1v) is 9.34. The van der Waals surface area contributed by atoms with Crippen LogP contribution in [-0.4, -0.2) is 53.3 Å². The summed E-state index contributed by atoms with van der Waals surface area (Å²) in [5.41, 5.74) is 6.02. The van der Waals surface area contributed by atoms with Crippen molar-refractivity contribution in [2.75, 3.05) is 19.6 Å². The van der Waals surface area contributed by atoms with Crippen molar-refractivity contribution in [3.05, 3.63) is 22.4 Å². The van der Waals surface area contributed by atoms with Gasteiger partial charge in [-0.1, -0.05) is 6.07 Å². The van der Waals surface area contributed by atoms with Crippen molar-refractivity contribution < 1.29 is 9.59 Å². The lowest BCUT2D eigenvalue weighted by molar-refractivity contribution is -0.137. The van der Waals surface area contributed by atoms with Gasteiger partial charge in [-0.25, -0.2) is 0 Å². The largest absolute Gasteiger partial charge is 0.341 e. The summed E-state index contributed by atoms with van der Waals surface area (Å²) >= 11 is 1.44. The molecule has 2 aliphatic rings. The summed E-state index contributed by atoms with van der Waals surface area (Å²) in [6, 6.07) is 3.53. The smallest absolute Gasteiger partial charge is 0.264 e. The minimum atomic E-state index is -0.295. The van der Waals surface area contributed by atoms with Crippen LogP contribution < -0.4 is 5.73 Å². The number of nitrogens with two attached hydrogens (primary N) is 1. The first-order chi connectivity index (χ1) is 11.1. The minimum Gasteiger partial charge on any atom is -0.341 e. The zero-order chi connectivity index (χ0) is 16.4. The van der Waals surface area contributed by atoms with Gasteiger partial charge in [-0.15, -0.1) is 11.3 Å². The number of rotatable bonds is 3. The number of nitrogens with zero attached hydrogens (tertiary/aromatic N) is 2. The number of hydrogen-bond acceptors (Lipinski definition) is 4. The molecule has 2 N–H and O–H groups in total. The minimum absolute atomic E-state index is 0.00315. The lowest BCUT2D eigenvalue weighted by Gasteiger charge is -2.37. The van der Waals surface area contributed by atoms with E-state index >= 15 is 0 Å². The fourth-order valence-corrected chi connectivity index (χ4v) is 4.34. The summed E-state index contributed by atoms with van der Waals surface area (Å²) in [4.78, 5) is 30.0. The molecular formula is C17H25N3O2S. The molecule has 0 saturated carbocycles. The molecule has 3 rings (SSSR count). The normalized spacial score (nSPS) is 26.3. The van der Waals surface area contributed by atoms with E-state index < -0.39 is 0 Å². The van der Waals surface area contributed by atoms with Crippen LogP contribution in [0.2, 0.25) is 0 Å². The summed E-state index contributed by atoms with van der Waals surface area (Å²) in [5.74, 6) is 0.477. The highest BCUT2D eigenvalue weighted by molar-refractivity contribution is 7.12. The molecule has 1 aromatic heterocycles. The first kappa shape index (κ1) is 16.5. The SMILES string of the molecule is CC(N)C1CCCN(C(=O)C2CCCN2C(=O)c2cccs2)C1. The molecule has 126 valence electrons. The molecule has 2 amide bonds. The van der Waals surface area contributed by atoms with Gasteiger partial charge in [-0.3, -0.25) is 9.59 Å². The third kappa shape index (κ3) is 3.43. The molecule has 2 aliphatic heterocycles. The van der Waals surface area contributed by atoms with Gasteiger partial charge in [0.25, 0.3) is 5.91 Å². The van der Waals surface area contributed by atoms with Gasteiger partial charge in [0.15, 0.2) is 0 Å². The van der Waals surface area contributed by atoms with Crippen molar-refractivity contribution in [1.82, 2.24) is 9.80 Å². The third-order valence-electron chi connectivity index (χ3n) is 5.04. The Labute approximate surface area is 141 Å². The summed E-state index contributed by atoms with van der Waals surface area (Å²) in [6.45, 7) is 4.21. The number of likely N-dealkylation sites (tertiary alicyclic amines) is 2. The number of piperidine rings is 1. The highest BCUT2D eigenvalue weighted by atomic mass is 32.1. The van der Waals surface area contributed by atoms with Crippen molar-refractivity contribution >= 4 is 23.2 Å². The van der Waals surface area contributed by atoms with E-state index in [1.165, 1.54) is 11.3 Å².